The minimum Gasteiger partial charge on any atom is -0.493 e. The first-order chi connectivity index (χ1) is 9.94. The Morgan fingerprint density at radius 2 is 2.00 bits per heavy atom. The van der Waals surface area contributed by atoms with Gasteiger partial charge in [0.2, 0.25) is 10.0 Å². The molecule has 0 aliphatic rings. The molecule has 0 fully saturated rings. The van der Waals surface area contributed by atoms with Gasteiger partial charge >= 0.3 is 0 Å². The number of aliphatic hydroxyl groups is 1. The van der Waals surface area contributed by atoms with Gasteiger partial charge in [0.15, 0.2) is 0 Å². The number of nitrogens with one attached hydrogen (secondary N) is 1. The van der Waals surface area contributed by atoms with Crippen molar-refractivity contribution in [2.24, 2.45) is 0 Å². The molecule has 120 valence electrons. The van der Waals surface area contributed by atoms with Crippen LogP contribution in [0.15, 0.2) is 23.1 Å². The molecule has 0 bridgehead atoms. The number of ether oxygens (including phenoxy) is 1. The number of rotatable bonds is 9. The lowest BCUT2D eigenvalue weighted by molar-refractivity contribution is 0.262. The van der Waals surface area contributed by atoms with Crippen LogP contribution in [0, 0.1) is 0 Å². The van der Waals surface area contributed by atoms with Gasteiger partial charge in [0.25, 0.3) is 0 Å². The molecule has 0 aromatic heterocycles. The first kappa shape index (κ1) is 17.9. The smallest absolute Gasteiger partial charge is 0.240 e. The highest BCUT2D eigenvalue weighted by Crippen LogP contribution is 2.23. The molecule has 0 saturated carbocycles. The van der Waals surface area contributed by atoms with Crippen molar-refractivity contribution in [1.82, 2.24) is 4.72 Å². The maximum absolute atomic E-state index is 12.3. The number of hydrogen-bond donors (Lipinski definition) is 2. The Morgan fingerprint density at radius 3 is 2.57 bits per heavy atom. The van der Waals surface area contributed by atoms with Crippen molar-refractivity contribution in [2.75, 3.05) is 6.61 Å². The molecule has 21 heavy (non-hydrogen) atoms. The van der Waals surface area contributed by atoms with Crippen LogP contribution in [-0.4, -0.2) is 26.2 Å². The van der Waals surface area contributed by atoms with Crippen LogP contribution in [0.1, 0.15) is 45.6 Å². The monoisotopic (exact) mass is 315 g/mol. The van der Waals surface area contributed by atoms with Gasteiger partial charge in [-0.15, -0.1) is 0 Å². The van der Waals surface area contributed by atoms with Crippen LogP contribution >= 0.6 is 0 Å². The van der Waals surface area contributed by atoms with Crippen molar-refractivity contribution in [2.45, 2.75) is 57.6 Å². The number of aliphatic hydroxyl groups excluding tert-OH is 1. The van der Waals surface area contributed by atoms with E-state index in [-0.39, 0.29) is 17.5 Å². The molecule has 0 aliphatic carbocycles. The summed E-state index contributed by atoms with van der Waals surface area (Å²) in [5, 5.41) is 9.38. The first-order valence-corrected chi connectivity index (χ1v) is 8.81. The van der Waals surface area contributed by atoms with Crippen molar-refractivity contribution in [3.63, 3.8) is 0 Å². The molecular formula is C15H25NO4S. The summed E-state index contributed by atoms with van der Waals surface area (Å²) < 4.78 is 32.7. The van der Waals surface area contributed by atoms with E-state index in [0.717, 1.165) is 19.3 Å². The molecular weight excluding hydrogens is 290 g/mol. The van der Waals surface area contributed by atoms with Crippen LogP contribution in [0.3, 0.4) is 0 Å². The summed E-state index contributed by atoms with van der Waals surface area (Å²) in [6.45, 7) is 6.11. The van der Waals surface area contributed by atoms with Gasteiger partial charge < -0.3 is 9.84 Å². The third-order valence-electron chi connectivity index (χ3n) is 3.05. The Hall–Kier alpha value is -1.11. The summed E-state index contributed by atoms with van der Waals surface area (Å²) in [4.78, 5) is 0.151. The largest absolute Gasteiger partial charge is 0.493 e. The van der Waals surface area contributed by atoms with Crippen LogP contribution in [0.5, 0.6) is 5.75 Å². The van der Waals surface area contributed by atoms with Gasteiger partial charge in [-0.2, -0.15) is 0 Å². The molecule has 1 rings (SSSR count). The van der Waals surface area contributed by atoms with Crippen molar-refractivity contribution < 1.29 is 18.3 Å². The molecule has 0 radical (unpaired) electrons. The number of sulfonamides is 1. The Kier molecular flexibility index (Phi) is 7.14. The van der Waals surface area contributed by atoms with Gasteiger partial charge in [-0.25, -0.2) is 13.1 Å². The quantitative estimate of drug-likeness (QED) is 0.734. The zero-order chi connectivity index (χ0) is 15.9. The highest BCUT2D eigenvalue weighted by molar-refractivity contribution is 7.89. The van der Waals surface area contributed by atoms with Crippen molar-refractivity contribution in [3.05, 3.63) is 23.8 Å². The van der Waals surface area contributed by atoms with E-state index in [1.807, 2.05) is 20.8 Å². The second-order valence-corrected chi connectivity index (χ2v) is 6.80. The molecule has 0 spiro atoms. The van der Waals surface area contributed by atoms with Gasteiger partial charge in [0.05, 0.1) is 18.1 Å². The summed E-state index contributed by atoms with van der Waals surface area (Å²) in [6.07, 6.45) is 2.54. The second-order valence-electron chi connectivity index (χ2n) is 5.09. The molecule has 2 N–H and O–H groups in total. The Balaban J connectivity index is 2.97. The predicted molar refractivity (Wildman–Crippen MR) is 82.8 cm³/mol. The highest BCUT2D eigenvalue weighted by atomic mass is 32.2. The normalized spacial score (nSPS) is 13.1. The van der Waals surface area contributed by atoms with E-state index >= 15 is 0 Å². The van der Waals surface area contributed by atoms with Crippen LogP contribution in [-0.2, 0) is 16.6 Å². The molecule has 1 aromatic carbocycles. The van der Waals surface area contributed by atoms with Crippen LogP contribution < -0.4 is 9.46 Å². The third-order valence-corrected chi connectivity index (χ3v) is 4.64. The highest BCUT2D eigenvalue weighted by Gasteiger charge is 2.18. The lowest BCUT2D eigenvalue weighted by atomic mass is 10.2. The molecule has 0 aliphatic heterocycles. The van der Waals surface area contributed by atoms with Gasteiger partial charge in [-0.1, -0.05) is 20.3 Å². The van der Waals surface area contributed by atoms with E-state index in [4.69, 9.17) is 4.74 Å². The minimum atomic E-state index is -3.57. The SMILES string of the molecule is CCCOc1ccc(S(=O)(=O)NC(C)CCC)cc1CO. The van der Waals surface area contributed by atoms with Crippen molar-refractivity contribution >= 4 is 10.0 Å². The van der Waals surface area contributed by atoms with Gasteiger partial charge in [-0.3, -0.25) is 0 Å². The zero-order valence-electron chi connectivity index (χ0n) is 12.9. The number of benzene rings is 1. The molecule has 5 nitrogen and oxygen atoms in total. The van der Waals surface area contributed by atoms with E-state index in [1.165, 1.54) is 12.1 Å². The average Bonchev–Trinajstić information content (AvgIpc) is 2.44. The van der Waals surface area contributed by atoms with E-state index in [2.05, 4.69) is 4.72 Å². The summed E-state index contributed by atoms with van der Waals surface area (Å²) in [7, 11) is -3.57. The van der Waals surface area contributed by atoms with Crippen LogP contribution in [0.4, 0.5) is 0 Å². The van der Waals surface area contributed by atoms with E-state index in [1.54, 1.807) is 6.07 Å². The van der Waals surface area contributed by atoms with Gasteiger partial charge in [0.1, 0.15) is 5.75 Å². The van der Waals surface area contributed by atoms with Crippen LogP contribution in [0.25, 0.3) is 0 Å². The first-order valence-electron chi connectivity index (χ1n) is 7.33. The molecule has 6 heteroatoms. The average molecular weight is 315 g/mol. The molecule has 0 amide bonds. The van der Waals surface area contributed by atoms with E-state index in [0.29, 0.717) is 17.9 Å². The second kappa shape index (κ2) is 8.36. The summed E-state index contributed by atoms with van der Waals surface area (Å²) in [6, 6.07) is 4.45. The van der Waals surface area contributed by atoms with Crippen molar-refractivity contribution in [1.29, 1.82) is 0 Å². The molecule has 0 saturated heterocycles. The summed E-state index contributed by atoms with van der Waals surface area (Å²) in [5.74, 6) is 0.528. The Labute approximate surface area is 127 Å². The molecule has 1 aromatic rings. The van der Waals surface area contributed by atoms with Crippen molar-refractivity contribution in [3.8, 4) is 5.75 Å². The number of hydrogen-bond acceptors (Lipinski definition) is 4. The summed E-state index contributed by atoms with van der Waals surface area (Å²) in [5.41, 5.74) is 0.481. The third kappa shape index (κ3) is 5.30. The fourth-order valence-corrected chi connectivity index (χ4v) is 3.35. The lowest BCUT2D eigenvalue weighted by Crippen LogP contribution is -2.32. The standard InChI is InChI=1S/C15H25NO4S/c1-4-6-12(3)16-21(18,19)14-7-8-15(20-9-5-2)13(10-14)11-17/h7-8,10,12,16-17H,4-6,9,11H2,1-3H3. The molecule has 1 unspecified atom stereocenters. The maximum Gasteiger partial charge on any atom is 0.240 e. The topological polar surface area (TPSA) is 75.6 Å². The van der Waals surface area contributed by atoms with E-state index in [9.17, 15) is 13.5 Å². The fraction of sp³-hybridized carbons (Fsp3) is 0.600. The van der Waals surface area contributed by atoms with Gasteiger partial charge in [0, 0.05) is 11.6 Å². The summed E-state index contributed by atoms with van der Waals surface area (Å²) >= 11 is 0. The minimum absolute atomic E-state index is 0.117. The fourth-order valence-electron chi connectivity index (χ4n) is 2.02. The molecule has 0 heterocycles. The van der Waals surface area contributed by atoms with Gasteiger partial charge in [-0.05, 0) is 38.0 Å². The zero-order valence-corrected chi connectivity index (χ0v) is 13.7. The Morgan fingerprint density at radius 1 is 1.29 bits per heavy atom. The van der Waals surface area contributed by atoms with E-state index < -0.39 is 10.0 Å². The molecule has 1 atom stereocenters. The van der Waals surface area contributed by atoms with Crippen LogP contribution in [0.2, 0.25) is 0 Å². The Bertz CT molecular complexity index is 543. The maximum atomic E-state index is 12.3. The predicted octanol–water partition coefficient (Wildman–Crippen LogP) is 2.43. The lowest BCUT2D eigenvalue weighted by Gasteiger charge is -2.15.